The molecule has 0 aromatic carbocycles. The molecule has 0 spiro atoms. The van der Waals surface area contributed by atoms with Crippen molar-refractivity contribution in [1.82, 2.24) is 4.90 Å². The maximum atomic E-state index is 12.1. The van der Waals surface area contributed by atoms with Crippen LogP contribution in [0.5, 0.6) is 0 Å². The highest BCUT2D eigenvalue weighted by Gasteiger charge is 2.48. The molecule has 1 unspecified atom stereocenters. The number of carboxylic acid groups (broad SMARTS) is 1. The minimum absolute atomic E-state index is 0.408. The normalized spacial score (nSPS) is 32.2. The Bertz CT molecular complexity index is 469. The Labute approximate surface area is 130 Å². The van der Waals surface area contributed by atoms with Gasteiger partial charge in [-0.1, -0.05) is 0 Å². The molecule has 11 nitrogen and oxygen atoms in total. The molecule has 7 N–H and O–H groups in total. The topological polar surface area (TPSA) is 191 Å². The zero-order chi connectivity index (χ0) is 17.9. The maximum absolute atomic E-state index is 12.1. The van der Waals surface area contributed by atoms with E-state index in [1.54, 1.807) is 0 Å². The first-order chi connectivity index (χ1) is 10.6. The zero-order valence-electron chi connectivity index (χ0n) is 12.3. The van der Waals surface area contributed by atoms with Crippen LogP contribution in [0.4, 0.5) is 0 Å². The first kappa shape index (κ1) is 19.4. The lowest BCUT2D eigenvalue weighted by Crippen LogP contribution is -2.65. The molecule has 6 atom stereocenters. The first-order valence-corrected chi connectivity index (χ1v) is 6.73. The highest BCUT2D eigenvalue weighted by Crippen LogP contribution is 2.24. The second-order valence-electron chi connectivity index (χ2n) is 5.15. The summed E-state index contributed by atoms with van der Waals surface area (Å²) >= 11 is 0. The minimum Gasteiger partial charge on any atom is -0.480 e. The number of nitrogens with zero attached hydrogens (tertiary/aromatic N) is 1. The smallest absolute Gasteiger partial charge is 0.321 e. The number of amides is 2. The lowest BCUT2D eigenvalue weighted by atomic mass is 9.97. The summed E-state index contributed by atoms with van der Waals surface area (Å²) in [5, 5.41) is 47.1. The monoisotopic (exact) mass is 336 g/mol. The van der Waals surface area contributed by atoms with Gasteiger partial charge in [0.2, 0.25) is 11.8 Å². The molecule has 1 rings (SSSR count). The van der Waals surface area contributed by atoms with Gasteiger partial charge in [-0.25, -0.2) is 0 Å². The van der Waals surface area contributed by atoms with Gasteiger partial charge in [-0.3, -0.25) is 19.3 Å². The van der Waals surface area contributed by atoms with Crippen molar-refractivity contribution < 1.29 is 44.7 Å². The van der Waals surface area contributed by atoms with Crippen molar-refractivity contribution in [3.05, 3.63) is 0 Å². The van der Waals surface area contributed by atoms with Crippen molar-refractivity contribution in [3.8, 4) is 0 Å². The standard InChI is InChI=1S/C12H20N2O9/c1-4(16)14(7(17)2-5(13)12(21)22)11-10(20)9(19)8(18)6(3-15)23-11/h5-6,8-11,15,18-20H,2-3,13H2,1H3,(H,21,22)/t5-,6+,8+,9-,10+,11?/m0/s1. The van der Waals surface area contributed by atoms with E-state index in [-0.39, 0.29) is 0 Å². The molecular formula is C12H20N2O9. The second-order valence-corrected chi connectivity index (χ2v) is 5.15. The lowest BCUT2D eigenvalue weighted by molar-refractivity contribution is -0.259. The largest absolute Gasteiger partial charge is 0.480 e. The molecule has 1 saturated heterocycles. The second kappa shape index (κ2) is 7.77. The van der Waals surface area contributed by atoms with Crippen LogP contribution in [0.3, 0.4) is 0 Å². The van der Waals surface area contributed by atoms with Gasteiger partial charge in [0.15, 0.2) is 6.23 Å². The van der Waals surface area contributed by atoms with Crippen molar-refractivity contribution in [2.45, 2.75) is 50.0 Å². The molecule has 0 bridgehead atoms. The number of aliphatic hydroxyl groups is 4. The van der Waals surface area contributed by atoms with E-state index in [4.69, 9.17) is 20.7 Å². The van der Waals surface area contributed by atoms with E-state index in [0.29, 0.717) is 4.90 Å². The molecule has 11 heteroatoms. The fourth-order valence-corrected chi connectivity index (χ4v) is 2.17. The zero-order valence-corrected chi connectivity index (χ0v) is 12.3. The molecule has 0 aliphatic carbocycles. The number of aliphatic carboxylic acids is 1. The molecule has 1 aliphatic rings. The number of ether oxygens (including phenoxy) is 1. The van der Waals surface area contributed by atoms with Crippen molar-refractivity contribution >= 4 is 17.8 Å². The summed E-state index contributed by atoms with van der Waals surface area (Å²) in [6.45, 7) is 0.224. The molecular weight excluding hydrogens is 316 g/mol. The molecule has 23 heavy (non-hydrogen) atoms. The Hall–Kier alpha value is -1.63. The highest BCUT2D eigenvalue weighted by molar-refractivity contribution is 5.96. The summed E-state index contributed by atoms with van der Waals surface area (Å²) in [4.78, 5) is 34.9. The van der Waals surface area contributed by atoms with Crippen LogP contribution in [0.1, 0.15) is 13.3 Å². The van der Waals surface area contributed by atoms with Gasteiger partial charge in [0, 0.05) is 6.92 Å². The van der Waals surface area contributed by atoms with Crippen molar-refractivity contribution in [3.63, 3.8) is 0 Å². The van der Waals surface area contributed by atoms with Gasteiger partial charge in [-0.05, 0) is 0 Å². The van der Waals surface area contributed by atoms with Gasteiger partial charge in [-0.2, -0.15) is 0 Å². The maximum Gasteiger partial charge on any atom is 0.321 e. The third-order valence-corrected chi connectivity index (χ3v) is 3.44. The Kier molecular flexibility index (Phi) is 6.56. The van der Waals surface area contributed by atoms with Crippen molar-refractivity contribution in [1.29, 1.82) is 0 Å². The van der Waals surface area contributed by atoms with E-state index in [9.17, 15) is 29.7 Å². The fraction of sp³-hybridized carbons (Fsp3) is 0.750. The van der Waals surface area contributed by atoms with Crippen LogP contribution in [-0.2, 0) is 19.1 Å². The summed E-state index contributed by atoms with van der Waals surface area (Å²) in [7, 11) is 0. The number of hydrogen-bond donors (Lipinski definition) is 6. The fourth-order valence-electron chi connectivity index (χ4n) is 2.17. The van der Waals surface area contributed by atoms with E-state index in [2.05, 4.69) is 0 Å². The molecule has 0 saturated carbocycles. The quantitative estimate of drug-likeness (QED) is 0.288. The molecule has 132 valence electrons. The average Bonchev–Trinajstić information content (AvgIpc) is 2.47. The number of carboxylic acids is 1. The summed E-state index contributed by atoms with van der Waals surface area (Å²) in [5.41, 5.74) is 5.23. The highest BCUT2D eigenvalue weighted by atomic mass is 16.6. The number of imide groups is 1. The number of nitrogens with two attached hydrogens (primary N) is 1. The SMILES string of the molecule is CC(=O)N(C(=O)C[C@H](N)C(=O)O)C1O[C@H](CO)[C@@H](O)[C@H](O)[C@H]1O. The van der Waals surface area contributed by atoms with Crippen LogP contribution in [0.25, 0.3) is 0 Å². The summed E-state index contributed by atoms with van der Waals surface area (Å²) in [6.07, 6.45) is -9.05. The van der Waals surface area contributed by atoms with Crippen LogP contribution in [0.2, 0.25) is 0 Å². The molecule has 1 fully saturated rings. The first-order valence-electron chi connectivity index (χ1n) is 6.73. The molecule has 2 amide bonds. The van der Waals surface area contributed by atoms with E-state index < -0.39 is 67.5 Å². The number of rotatable bonds is 5. The molecule has 0 aromatic heterocycles. The number of carbonyl (C=O) groups excluding carboxylic acids is 2. The molecule has 0 aromatic rings. The summed E-state index contributed by atoms with van der Waals surface area (Å²) in [5.74, 6) is -3.40. The van der Waals surface area contributed by atoms with Crippen LogP contribution in [0.15, 0.2) is 0 Å². The van der Waals surface area contributed by atoms with Gasteiger partial charge in [0.05, 0.1) is 13.0 Å². The van der Waals surface area contributed by atoms with Crippen LogP contribution in [-0.4, -0.2) is 91.5 Å². The average molecular weight is 336 g/mol. The van der Waals surface area contributed by atoms with Crippen molar-refractivity contribution in [2.24, 2.45) is 5.73 Å². The van der Waals surface area contributed by atoms with Gasteiger partial charge in [-0.15, -0.1) is 0 Å². The van der Waals surface area contributed by atoms with Gasteiger partial charge >= 0.3 is 5.97 Å². The Morgan fingerprint density at radius 1 is 1.17 bits per heavy atom. The molecule has 1 heterocycles. The summed E-state index contributed by atoms with van der Waals surface area (Å²) < 4.78 is 5.10. The number of aliphatic hydroxyl groups excluding tert-OH is 4. The van der Waals surface area contributed by atoms with Crippen LogP contribution in [0, 0.1) is 0 Å². The molecule has 1 aliphatic heterocycles. The van der Waals surface area contributed by atoms with Crippen molar-refractivity contribution in [2.75, 3.05) is 6.61 Å². The number of carbonyl (C=O) groups is 3. The number of hydrogen-bond acceptors (Lipinski definition) is 9. The van der Waals surface area contributed by atoms with E-state index in [1.807, 2.05) is 0 Å². The van der Waals surface area contributed by atoms with Crippen LogP contribution >= 0.6 is 0 Å². The predicted octanol–water partition coefficient (Wildman–Crippen LogP) is -4.04. The third kappa shape index (κ3) is 4.22. The van der Waals surface area contributed by atoms with E-state index in [0.717, 1.165) is 6.92 Å². The van der Waals surface area contributed by atoms with Gasteiger partial charge in [0.25, 0.3) is 0 Å². The third-order valence-electron chi connectivity index (χ3n) is 3.44. The predicted molar refractivity (Wildman–Crippen MR) is 71.5 cm³/mol. The van der Waals surface area contributed by atoms with E-state index in [1.165, 1.54) is 0 Å². The minimum atomic E-state index is -1.85. The Balaban J connectivity index is 3.01. The van der Waals surface area contributed by atoms with Crippen LogP contribution < -0.4 is 5.73 Å². The summed E-state index contributed by atoms with van der Waals surface area (Å²) in [6, 6.07) is -1.57. The van der Waals surface area contributed by atoms with Gasteiger partial charge in [0.1, 0.15) is 30.5 Å². The van der Waals surface area contributed by atoms with E-state index >= 15 is 0 Å². The Morgan fingerprint density at radius 2 is 1.74 bits per heavy atom. The Morgan fingerprint density at radius 3 is 2.17 bits per heavy atom. The molecule has 0 radical (unpaired) electrons. The lowest BCUT2D eigenvalue weighted by Gasteiger charge is -2.43. The van der Waals surface area contributed by atoms with Gasteiger partial charge < -0.3 is 36.0 Å².